The molecule has 6 heteroatoms. The number of H-pyrrole nitrogens is 1. The summed E-state index contributed by atoms with van der Waals surface area (Å²) in [5, 5.41) is 0.588. The summed E-state index contributed by atoms with van der Waals surface area (Å²) in [6.07, 6.45) is 0. The van der Waals surface area contributed by atoms with Gasteiger partial charge in [-0.2, -0.15) is 4.98 Å². The molecule has 4 aromatic rings. The molecular weight excluding hydrogens is 408 g/mol. The molecule has 2 atom stereocenters. The number of fused-ring (bicyclic) bond motifs is 1. The highest BCUT2D eigenvalue weighted by atomic mass is 35.5. The minimum absolute atomic E-state index is 0.0379. The van der Waals surface area contributed by atoms with Crippen LogP contribution >= 0.6 is 11.6 Å². The van der Waals surface area contributed by atoms with Crippen LogP contribution < -0.4 is 11.3 Å². The highest BCUT2D eigenvalue weighted by molar-refractivity contribution is 6.31. The quantitative estimate of drug-likeness (QED) is 0.480. The SMILES string of the molecule is Nc1nc2c(c(=O)[nH]1)[C@@H](c1ccccc1Cl)[C@H](c1ccccc1)C(c1ccccc1)=N2. The minimum Gasteiger partial charge on any atom is -0.369 e. The van der Waals surface area contributed by atoms with Gasteiger partial charge in [0.1, 0.15) is 0 Å². The maximum Gasteiger partial charge on any atom is 0.258 e. The van der Waals surface area contributed by atoms with Crippen molar-refractivity contribution in [2.75, 3.05) is 5.73 Å². The van der Waals surface area contributed by atoms with Gasteiger partial charge in [-0.3, -0.25) is 9.78 Å². The van der Waals surface area contributed by atoms with Gasteiger partial charge in [0.05, 0.1) is 11.3 Å². The Morgan fingerprint density at radius 2 is 1.48 bits per heavy atom. The lowest BCUT2D eigenvalue weighted by Crippen LogP contribution is -2.31. The number of nitrogens with two attached hydrogens (primary N) is 1. The number of aromatic amines is 1. The number of aliphatic imine (C=N–C) groups is 1. The fraction of sp³-hybridized carbons (Fsp3) is 0.0800. The van der Waals surface area contributed by atoms with E-state index in [9.17, 15) is 4.79 Å². The fourth-order valence-corrected chi connectivity index (χ4v) is 4.54. The molecule has 0 spiro atoms. The van der Waals surface area contributed by atoms with Crippen molar-refractivity contribution in [3.63, 3.8) is 0 Å². The first-order valence-electron chi connectivity index (χ1n) is 9.96. The Morgan fingerprint density at radius 1 is 0.839 bits per heavy atom. The van der Waals surface area contributed by atoms with Crippen molar-refractivity contribution in [3.05, 3.63) is 123 Å². The third-order valence-electron chi connectivity index (χ3n) is 5.59. The van der Waals surface area contributed by atoms with Crippen molar-refractivity contribution in [1.29, 1.82) is 0 Å². The van der Waals surface area contributed by atoms with Gasteiger partial charge in [0, 0.05) is 16.9 Å². The van der Waals surface area contributed by atoms with Crippen molar-refractivity contribution < 1.29 is 0 Å². The summed E-state index contributed by atoms with van der Waals surface area (Å²) in [5.41, 5.74) is 9.70. The Hall–Kier alpha value is -3.70. The highest BCUT2D eigenvalue weighted by Crippen LogP contribution is 2.47. The number of aromatic nitrogens is 2. The molecule has 3 N–H and O–H groups in total. The predicted molar refractivity (Wildman–Crippen MR) is 124 cm³/mol. The number of nitrogen functional groups attached to an aromatic ring is 1. The Labute approximate surface area is 184 Å². The second-order valence-electron chi connectivity index (χ2n) is 7.44. The van der Waals surface area contributed by atoms with Crippen LogP contribution in [-0.2, 0) is 0 Å². The van der Waals surface area contributed by atoms with Crippen LogP contribution in [0, 0.1) is 0 Å². The van der Waals surface area contributed by atoms with Gasteiger partial charge in [-0.05, 0) is 22.8 Å². The molecule has 3 aromatic carbocycles. The molecule has 0 radical (unpaired) electrons. The summed E-state index contributed by atoms with van der Waals surface area (Å²) in [7, 11) is 0. The minimum atomic E-state index is -0.379. The third-order valence-corrected chi connectivity index (χ3v) is 5.93. The summed E-state index contributed by atoms with van der Waals surface area (Å²) >= 11 is 6.66. The molecule has 31 heavy (non-hydrogen) atoms. The van der Waals surface area contributed by atoms with Crippen molar-refractivity contribution in [2.45, 2.75) is 11.8 Å². The Bertz CT molecular complexity index is 1330. The van der Waals surface area contributed by atoms with Gasteiger partial charge in [0.25, 0.3) is 5.56 Å². The number of anilines is 1. The fourth-order valence-electron chi connectivity index (χ4n) is 4.29. The third kappa shape index (κ3) is 3.43. The van der Waals surface area contributed by atoms with E-state index in [2.05, 4.69) is 22.1 Å². The molecule has 152 valence electrons. The number of halogens is 1. The van der Waals surface area contributed by atoms with Crippen molar-refractivity contribution in [2.24, 2.45) is 4.99 Å². The second-order valence-corrected chi connectivity index (χ2v) is 7.85. The average Bonchev–Trinajstić information content (AvgIpc) is 2.79. The van der Waals surface area contributed by atoms with E-state index in [4.69, 9.17) is 22.3 Å². The molecule has 0 bridgehead atoms. The van der Waals surface area contributed by atoms with Crippen LogP contribution in [0.5, 0.6) is 0 Å². The maximum absolute atomic E-state index is 13.1. The Balaban J connectivity index is 1.87. The molecule has 0 fully saturated rings. The molecule has 0 aliphatic carbocycles. The highest BCUT2D eigenvalue weighted by Gasteiger charge is 2.39. The Morgan fingerprint density at radius 3 is 2.19 bits per heavy atom. The van der Waals surface area contributed by atoms with Gasteiger partial charge in [-0.25, -0.2) is 4.99 Å². The molecule has 5 rings (SSSR count). The van der Waals surface area contributed by atoms with Gasteiger partial charge in [-0.15, -0.1) is 0 Å². The maximum atomic E-state index is 13.1. The zero-order chi connectivity index (χ0) is 21.4. The lowest BCUT2D eigenvalue weighted by molar-refractivity contribution is 0.717. The van der Waals surface area contributed by atoms with Crippen LogP contribution in [0.25, 0.3) is 0 Å². The summed E-state index contributed by atoms with van der Waals surface area (Å²) in [6, 6.07) is 27.6. The number of nitrogens with zero attached hydrogens (tertiary/aromatic N) is 2. The average molecular weight is 427 g/mol. The van der Waals surface area contributed by atoms with Gasteiger partial charge < -0.3 is 5.73 Å². The lowest BCUT2D eigenvalue weighted by Gasteiger charge is -2.33. The first-order valence-corrected chi connectivity index (χ1v) is 10.3. The number of benzene rings is 3. The van der Waals surface area contributed by atoms with Crippen LogP contribution in [-0.4, -0.2) is 15.7 Å². The van der Waals surface area contributed by atoms with E-state index in [1.807, 2.05) is 72.8 Å². The van der Waals surface area contributed by atoms with E-state index in [1.165, 1.54) is 0 Å². The molecule has 2 heterocycles. The van der Waals surface area contributed by atoms with Crippen LogP contribution in [0.2, 0.25) is 5.02 Å². The number of rotatable bonds is 3. The van der Waals surface area contributed by atoms with Gasteiger partial charge in [0.15, 0.2) is 5.82 Å². The van der Waals surface area contributed by atoms with Crippen LogP contribution in [0.1, 0.15) is 34.1 Å². The number of hydrogen-bond donors (Lipinski definition) is 2. The second kappa shape index (κ2) is 7.85. The first kappa shape index (κ1) is 19.3. The van der Waals surface area contributed by atoms with E-state index in [0.29, 0.717) is 16.4 Å². The Kier molecular flexibility index (Phi) is 4.88. The van der Waals surface area contributed by atoms with Crippen molar-refractivity contribution >= 4 is 29.1 Å². The summed E-state index contributed by atoms with van der Waals surface area (Å²) in [5.74, 6) is -0.244. The zero-order valence-corrected chi connectivity index (χ0v) is 17.3. The van der Waals surface area contributed by atoms with Gasteiger partial charge >= 0.3 is 0 Å². The molecular formula is C25H19ClN4O. The summed E-state index contributed by atoms with van der Waals surface area (Å²) in [4.78, 5) is 25.0. The van der Waals surface area contributed by atoms with Crippen LogP contribution in [0.3, 0.4) is 0 Å². The largest absolute Gasteiger partial charge is 0.369 e. The van der Waals surface area contributed by atoms with E-state index in [-0.39, 0.29) is 23.3 Å². The van der Waals surface area contributed by atoms with Crippen molar-refractivity contribution in [1.82, 2.24) is 9.97 Å². The zero-order valence-electron chi connectivity index (χ0n) is 16.5. The molecule has 1 aliphatic heterocycles. The van der Waals surface area contributed by atoms with Crippen LogP contribution in [0.15, 0.2) is 94.7 Å². The molecule has 1 aromatic heterocycles. The van der Waals surface area contributed by atoms with Crippen LogP contribution in [0.4, 0.5) is 11.8 Å². The molecule has 0 saturated carbocycles. The van der Waals surface area contributed by atoms with E-state index >= 15 is 0 Å². The topological polar surface area (TPSA) is 84.1 Å². The summed E-state index contributed by atoms with van der Waals surface area (Å²) in [6.45, 7) is 0. The smallest absolute Gasteiger partial charge is 0.258 e. The van der Waals surface area contributed by atoms with Crippen molar-refractivity contribution in [3.8, 4) is 0 Å². The standard InChI is InChI=1S/C25H19ClN4O/c26-18-14-8-7-13-17(18)20-19(15-9-3-1-4-10-15)22(16-11-5-2-6-12-16)28-23-21(20)24(31)30-25(27)29-23/h1-14,19-20H,(H3,27,29,30,31)/t19-,20-/m0/s1. The molecule has 1 aliphatic rings. The van der Waals surface area contributed by atoms with E-state index in [0.717, 1.165) is 22.4 Å². The van der Waals surface area contributed by atoms with Gasteiger partial charge in [0.2, 0.25) is 5.95 Å². The number of hydrogen-bond acceptors (Lipinski definition) is 4. The summed E-state index contributed by atoms with van der Waals surface area (Å²) < 4.78 is 0. The van der Waals surface area contributed by atoms with E-state index in [1.54, 1.807) is 0 Å². The molecule has 0 saturated heterocycles. The molecule has 5 nitrogen and oxygen atoms in total. The molecule has 0 amide bonds. The van der Waals surface area contributed by atoms with Gasteiger partial charge in [-0.1, -0.05) is 90.5 Å². The normalized spacial score (nSPS) is 17.6. The van der Waals surface area contributed by atoms with E-state index < -0.39 is 0 Å². The number of nitrogens with one attached hydrogen (secondary N) is 1. The predicted octanol–water partition coefficient (Wildman–Crippen LogP) is 5.06. The molecule has 0 unspecified atom stereocenters. The first-order chi connectivity index (χ1) is 15.1. The lowest BCUT2D eigenvalue weighted by atomic mass is 9.72. The monoisotopic (exact) mass is 426 g/mol.